The molecular formula is C29H38ClNO2S. The second-order valence-corrected chi connectivity index (χ2v) is 11.9. The summed E-state index contributed by atoms with van der Waals surface area (Å²) in [5.41, 5.74) is 1.84. The Hall–Kier alpha value is -1.49. The van der Waals surface area contributed by atoms with Crippen LogP contribution in [0, 0.1) is 5.92 Å². The molecule has 2 aliphatic carbocycles. The zero-order valence-corrected chi connectivity index (χ0v) is 22.0. The van der Waals surface area contributed by atoms with Gasteiger partial charge in [0.1, 0.15) is 0 Å². The van der Waals surface area contributed by atoms with Crippen LogP contribution < -0.4 is 0 Å². The van der Waals surface area contributed by atoms with Crippen LogP contribution in [0.15, 0.2) is 53.4 Å². The summed E-state index contributed by atoms with van der Waals surface area (Å²) in [5, 5.41) is 12.4. The van der Waals surface area contributed by atoms with E-state index in [1.54, 1.807) is 4.90 Å². The van der Waals surface area contributed by atoms with Crippen LogP contribution in [0.25, 0.3) is 0 Å². The van der Waals surface area contributed by atoms with Gasteiger partial charge >= 0.3 is 0 Å². The van der Waals surface area contributed by atoms with Gasteiger partial charge in [-0.05, 0) is 55.4 Å². The fourth-order valence-corrected chi connectivity index (χ4v) is 7.13. The Balaban J connectivity index is 1.53. The van der Waals surface area contributed by atoms with Crippen molar-refractivity contribution in [3.63, 3.8) is 0 Å². The number of benzene rings is 2. The molecule has 0 radical (unpaired) electrons. The van der Waals surface area contributed by atoms with E-state index in [4.69, 9.17) is 11.6 Å². The maximum Gasteiger partial charge on any atom is 0.230 e. The number of aliphatic hydroxyl groups excluding tert-OH is 1. The Morgan fingerprint density at radius 3 is 2.32 bits per heavy atom. The molecule has 0 spiro atoms. The van der Waals surface area contributed by atoms with Crippen LogP contribution in [-0.2, 0) is 4.79 Å². The number of carbonyl (C=O) groups is 1. The minimum atomic E-state index is -0.726. The standard InChI is InChI=1S/C29H38ClNO2S/c1-20(28(32)22-12-4-3-5-13-22)31(2)29(33)25(18-21-10-6-7-11-21)23-16-17-27(26(30)19-23)34-24-14-8-9-15-24/h3-5,12-13,16-17,19-21,24-25,28,32H,6-11,14-15,18H2,1-2H3/t20-,25-,28-/m1/s1. The van der Waals surface area contributed by atoms with Crippen molar-refractivity contribution in [3.05, 3.63) is 64.7 Å². The molecular weight excluding hydrogens is 462 g/mol. The number of hydrogen-bond acceptors (Lipinski definition) is 3. The van der Waals surface area contributed by atoms with Crippen molar-refractivity contribution in [1.82, 2.24) is 4.90 Å². The summed E-state index contributed by atoms with van der Waals surface area (Å²) in [6, 6.07) is 15.5. The Morgan fingerprint density at radius 1 is 1.03 bits per heavy atom. The van der Waals surface area contributed by atoms with E-state index in [0.29, 0.717) is 11.2 Å². The largest absolute Gasteiger partial charge is 0.386 e. The van der Waals surface area contributed by atoms with Gasteiger partial charge < -0.3 is 10.0 Å². The maximum absolute atomic E-state index is 13.9. The van der Waals surface area contributed by atoms with Crippen molar-refractivity contribution in [3.8, 4) is 0 Å². The maximum atomic E-state index is 13.9. The minimum absolute atomic E-state index is 0.0710. The van der Waals surface area contributed by atoms with Gasteiger partial charge in [0.2, 0.25) is 5.91 Å². The highest BCUT2D eigenvalue weighted by molar-refractivity contribution is 8.00. The number of amides is 1. The summed E-state index contributed by atoms with van der Waals surface area (Å²) < 4.78 is 0. The molecule has 2 aromatic carbocycles. The summed E-state index contributed by atoms with van der Waals surface area (Å²) in [6.45, 7) is 1.93. The molecule has 3 atom stereocenters. The normalized spacial score (nSPS) is 19.8. The van der Waals surface area contributed by atoms with E-state index in [0.717, 1.165) is 27.5 Å². The minimum Gasteiger partial charge on any atom is -0.386 e. The van der Waals surface area contributed by atoms with Crippen LogP contribution in [-0.4, -0.2) is 34.3 Å². The number of carbonyl (C=O) groups excluding carboxylic acids is 1. The molecule has 2 fully saturated rings. The van der Waals surface area contributed by atoms with E-state index in [1.165, 1.54) is 51.4 Å². The number of hydrogen-bond donors (Lipinski definition) is 1. The van der Waals surface area contributed by atoms with Gasteiger partial charge in [0.15, 0.2) is 0 Å². The van der Waals surface area contributed by atoms with Crippen LogP contribution in [0.5, 0.6) is 0 Å². The number of rotatable bonds is 9. The van der Waals surface area contributed by atoms with Gasteiger partial charge in [0.05, 0.1) is 23.1 Å². The van der Waals surface area contributed by atoms with Gasteiger partial charge in [0.25, 0.3) is 0 Å². The van der Waals surface area contributed by atoms with Gasteiger partial charge in [-0.15, -0.1) is 11.8 Å². The molecule has 0 aliphatic heterocycles. The van der Waals surface area contributed by atoms with Crippen molar-refractivity contribution in [2.75, 3.05) is 7.05 Å². The average molecular weight is 500 g/mol. The first-order chi connectivity index (χ1) is 16.4. The summed E-state index contributed by atoms with van der Waals surface area (Å²) in [6.07, 6.45) is 10.2. The highest BCUT2D eigenvalue weighted by Gasteiger charge is 2.33. The first-order valence-corrected chi connectivity index (χ1v) is 14.2. The van der Waals surface area contributed by atoms with Crippen LogP contribution in [0.2, 0.25) is 5.02 Å². The van der Waals surface area contributed by atoms with Crippen molar-refractivity contribution in [1.29, 1.82) is 0 Å². The Labute approximate surface area is 214 Å². The first-order valence-electron chi connectivity index (χ1n) is 12.9. The SMILES string of the molecule is C[C@H]([C@@H](O)c1ccccc1)N(C)C(=O)[C@H](CC1CCCC1)c1ccc(SC2CCCC2)c(Cl)c1. The van der Waals surface area contributed by atoms with E-state index < -0.39 is 6.10 Å². The molecule has 0 unspecified atom stereocenters. The summed E-state index contributed by atoms with van der Waals surface area (Å²) >= 11 is 8.65. The molecule has 0 aromatic heterocycles. The fraction of sp³-hybridized carbons (Fsp3) is 0.552. The van der Waals surface area contributed by atoms with E-state index in [9.17, 15) is 9.90 Å². The lowest BCUT2D eigenvalue weighted by Crippen LogP contribution is -2.42. The quantitative estimate of drug-likeness (QED) is 0.385. The second-order valence-electron chi connectivity index (χ2n) is 10.2. The van der Waals surface area contributed by atoms with E-state index in [2.05, 4.69) is 12.1 Å². The smallest absolute Gasteiger partial charge is 0.230 e. The molecule has 184 valence electrons. The molecule has 0 saturated heterocycles. The summed E-state index contributed by atoms with van der Waals surface area (Å²) in [4.78, 5) is 16.7. The van der Waals surface area contributed by atoms with Crippen molar-refractivity contribution < 1.29 is 9.90 Å². The fourth-order valence-electron chi connectivity index (χ4n) is 5.56. The molecule has 1 N–H and O–H groups in total. The Kier molecular flexibility index (Phi) is 9.01. The van der Waals surface area contributed by atoms with Crippen molar-refractivity contribution >= 4 is 29.3 Å². The van der Waals surface area contributed by atoms with Gasteiger partial charge in [-0.1, -0.05) is 86.5 Å². The zero-order valence-electron chi connectivity index (χ0n) is 20.5. The predicted octanol–water partition coefficient (Wildman–Crippen LogP) is 7.62. The molecule has 5 heteroatoms. The predicted molar refractivity (Wildman–Crippen MR) is 143 cm³/mol. The van der Waals surface area contributed by atoms with Crippen molar-refractivity contribution in [2.24, 2.45) is 5.92 Å². The van der Waals surface area contributed by atoms with Gasteiger partial charge in [-0.25, -0.2) is 0 Å². The lowest BCUT2D eigenvalue weighted by molar-refractivity contribution is -0.136. The monoisotopic (exact) mass is 499 g/mol. The molecule has 2 saturated carbocycles. The van der Waals surface area contributed by atoms with E-state index in [-0.39, 0.29) is 17.9 Å². The topological polar surface area (TPSA) is 40.5 Å². The van der Waals surface area contributed by atoms with Gasteiger partial charge in [-0.2, -0.15) is 0 Å². The third-order valence-electron chi connectivity index (χ3n) is 7.85. The molecule has 3 nitrogen and oxygen atoms in total. The molecule has 1 amide bonds. The van der Waals surface area contributed by atoms with E-state index >= 15 is 0 Å². The van der Waals surface area contributed by atoms with Gasteiger partial charge in [0, 0.05) is 17.2 Å². The second kappa shape index (κ2) is 12.0. The van der Waals surface area contributed by atoms with Crippen LogP contribution in [0.1, 0.15) is 87.9 Å². The third-order valence-corrected chi connectivity index (χ3v) is 9.69. The third kappa shape index (κ3) is 6.19. The molecule has 0 bridgehead atoms. The van der Waals surface area contributed by atoms with Crippen LogP contribution in [0.3, 0.4) is 0 Å². The molecule has 2 aromatic rings. The lowest BCUT2D eigenvalue weighted by Gasteiger charge is -2.33. The number of nitrogens with zero attached hydrogens (tertiary/aromatic N) is 1. The highest BCUT2D eigenvalue weighted by atomic mass is 35.5. The van der Waals surface area contributed by atoms with Crippen LogP contribution >= 0.6 is 23.4 Å². The van der Waals surface area contributed by atoms with Crippen molar-refractivity contribution in [2.45, 2.75) is 92.9 Å². The molecule has 4 rings (SSSR count). The highest BCUT2D eigenvalue weighted by Crippen LogP contribution is 2.41. The first kappa shape index (κ1) is 25.6. The molecule has 34 heavy (non-hydrogen) atoms. The Morgan fingerprint density at radius 2 is 1.68 bits per heavy atom. The Bertz CT molecular complexity index is 940. The van der Waals surface area contributed by atoms with Crippen LogP contribution in [0.4, 0.5) is 0 Å². The summed E-state index contributed by atoms with van der Waals surface area (Å²) in [7, 11) is 1.83. The molecule has 0 heterocycles. The zero-order chi connectivity index (χ0) is 24.1. The number of halogens is 1. The van der Waals surface area contributed by atoms with E-state index in [1.807, 2.05) is 62.1 Å². The molecule has 2 aliphatic rings. The number of aliphatic hydroxyl groups is 1. The average Bonchev–Trinajstić information content (AvgIpc) is 3.57. The van der Waals surface area contributed by atoms with Gasteiger partial charge in [-0.3, -0.25) is 4.79 Å². The lowest BCUT2D eigenvalue weighted by atomic mass is 9.86. The number of thioether (sulfide) groups is 1. The number of likely N-dealkylation sites (N-methyl/N-ethyl adjacent to an activating group) is 1. The summed E-state index contributed by atoms with van der Waals surface area (Å²) in [5.74, 6) is 0.409.